The number of rotatable bonds is 5. The lowest BCUT2D eigenvalue weighted by Gasteiger charge is -2.26. The number of amides is 1. The number of hydrogen-bond donors (Lipinski definition) is 2. The first-order valence-corrected chi connectivity index (χ1v) is 7.42. The summed E-state index contributed by atoms with van der Waals surface area (Å²) in [5.41, 5.74) is 0. The van der Waals surface area contributed by atoms with Gasteiger partial charge in [0, 0.05) is 12.6 Å². The quantitative estimate of drug-likeness (QED) is 0.876. The molecule has 1 aliphatic carbocycles. The van der Waals surface area contributed by atoms with Gasteiger partial charge in [0.2, 0.25) is 0 Å². The summed E-state index contributed by atoms with van der Waals surface area (Å²) in [5, 5.41) is 12.4. The highest BCUT2D eigenvalue weighted by molar-refractivity contribution is 5.80. The largest absolute Gasteiger partial charge is 0.481 e. The molecular formula is C16H22FNO3. The standard InChI is InChI=1S/C16H22FNO3/c1-11(21-15-7-3-5-13(17)9-15)16(20)18-10-12-4-2-6-14(19)8-12/h3,5,7,9,11-12,14,19H,2,4,6,8,10H2,1H3,(H,18,20). The Hall–Kier alpha value is -1.62. The molecule has 2 rings (SSSR count). The van der Waals surface area contributed by atoms with Gasteiger partial charge in [-0.25, -0.2) is 4.39 Å². The zero-order chi connectivity index (χ0) is 15.2. The molecule has 0 spiro atoms. The molecule has 0 saturated heterocycles. The Morgan fingerprint density at radius 2 is 2.33 bits per heavy atom. The van der Waals surface area contributed by atoms with Crippen LogP contribution in [-0.2, 0) is 4.79 Å². The average molecular weight is 295 g/mol. The number of hydrogen-bond acceptors (Lipinski definition) is 3. The van der Waals surface area contributed by atoms with Crippen molar-refractivity contribution in [1.82, 2.24) is 5.32 Å². The van der Waals surface area contributed by atoms with Crippen molar-refractivity contribution in [3.63, 3.8) is 0 Å². The second kappa shape index (κ2) is 7.41. The molecule has 0 heterocycles. The van der Waals surface area contributed by atoms with Crippen molar-refractivity contribution < 1.29 is 19.0 Å². The highest BCUT2D eigenvalue weighted by atomic mass is 19.1. The Balaban J connectivity index is 1.77. The van der Waals surface area contributed by atoms with Crippen molar-refractivity contribution in [3.8, 4) is 5.75 Å². The first kappa shape index (κ1) is 15.8. The number of ether oxygens (including phenoxy) is 1. The lowest BCUT2D eigenvalue weighted by atomic mass is 9.87. The highest BCUT2D eigenvalue weighted by Gasteiger charge is 2.22. The van der Waals surface area contributed by atoms with Crippen LogP contribution in [0.15, 0.2) is 24.3 Å². The highest BCUT2D eigenvalue weighted by Crippen LogP contribution is 2.23. The minimum atomic E-state index is -0.680. The van der Waals surface area contributed by atoms with E-state index in [-0.39, 0.29) is 12.0 Å². The molecule has 2 N–H and O–H groups in total. The lowest BCUT2D eigenvalue weighted by Crippen LogP contribution is -2.40. The molecule has 3 unspecified atom stereocenters. The van der Waals surface area contributed by atoms with Gasteiger partial charge in [0.15, 0.2) is 6.10 Å². The minimum Gasteiger partial charge on any atom is -0.481 e. The molecule has 21 heavy (non-hydrogen) atoms. The first-order valence-electron chi connectivity index (χ1n) is 7.42. The second-order valence-electron chi connectivity index (χ2n) is 5.65. The van der Waals surface area contributed by atoms with Gasteiger partial charge >= 0.3 is 0 Å². The van der Waals surface area contributed by atoms with Crippen LogP contribution in [0.4, 0.5) is 4.39 Å². The molecule has 5 heteroatoms. The Kier molecular flexibility index (Phi) is 5.56. The van der Waals surface area contributed by atoms with Gasteiger partial charge in [0.25, 0.3) is 5.91 Å². The summed E-state index contributed by atoms with van der Waals surface area (Å²) in [6.07, 6.45) is 2.68. The molecule has 1 saturated carbocycles. The fourth-order valence-electron chi connectivity index (χ4n) is 2.63. The number of carbonyl (C=O) groups is 1. The van der Waals surface area contributed by atoms with Crippen LogP contribution < -0.4 is 10.1 Å². The molecular weight excluding hydrogens is 273 g/mol. The van der Waals surface area contributed by atoms with Crippen LogP contribution in [0, 0.1) is 11.7 Å². The van der Waals surface area contributed by atoms with E-state index in [4.69, 9.17) is 4.74 Å². The summed E-state index contributed by atoms with van der Waals surface area (Å²) < 4.78 is 18.5. The zero-order valence-corrected chi connectivity index (χ0v) is 12.2. The van der Waals surface area contributed by atoms with Crippen molar-refractivity contribution in [2.75, 3.05) is 6.54 Å². The van der Waals surface area contributed by atoms with Gasteiger partial charge in [-0.15, -0.1) is 0 Å². The Bertz CT molecular complexity index is 480. The molecule has 0 aromatic heterocycles. The van der Waals surface area contributed by atoms with Crippen LogP contribution >= 0.6 is 0 Å². The molecule has 1 aliphatic rings. The number of nitrogens with one attached hydrogen (secondary N) is 1. The zero-order valence-electron chi connectivity index (χ0n) is 12.2. The number of aliphatic hydroxyl groups is 1. The summed E-state index contributed by atoms with van der Waals surface area (Å²) >= 11 is 0. The Morgan fingerprint density at radius 1 is 1.52 bits per heavy atom. The van der Waals surface area contributed by atoms with Gasteiger partial charge < -0.3 is 15.2 Å². The summed E-state index contributed by atoms with van der Waals surface area (Å²) in [4.78, 5) is 12.0. The molecule has 0 aliphatic heterocycles. The summed E-state index contributed by atoms with van der Waals surface area (Å²) in [6.45, 7) is 2.18. The smallest absolute Gasteiger partial charge is 0.260 e. The second-order valence-corrected chi connectivity index (χ2v) is 5.65. The Morgan fingerprint density at radius 3 is 3.05 bits per heavy atom. The predicted octanol–water partition coefficient (Wildman–Crippen LogP) is 2.26. The molecule has 0 bridgehead atoms. The van der Waals surface area contributed by atoms with Crippen molar-refractivity contribution in [2.24, 2.45) is 5.92 Å². The minimum absolute atomic E-state index is 0.223. The van der Waals surface area contributed by atoms with Crippen LogP contribution in [-0.4, -0.2) is 29.8 Å². The number of aliphatic hydroxyl groups excluding tert-OH is 1. The van der Waals surface area contributed by atoms with Crippen molar-refractivity contribution in [2.45, 2.75) is 44.8 Å². The van der Waals surface area contributed by atoms with Crippen LogP contribution in [0.5, 0.6) is 5.75 Å². The van der Waals surface area contributed by atoms with Gasteiger partial charge in [-0.2, -0.15) is 0 Å². The molecule has 116 valence electrons. The van der Waals surface area contributed by atoms with Crippen LogP contribution in [0.3, 0.4) is 0 Å². The van der Waals surface area contributed by atoms with Gasteiger partial charge in [-0.3, -0.25) is 4.79 Å². The van der Waals surface area contributed by atoms with E-state index in [9.17, 15) is 14.3 Å². The molecule has 1 aromatic rings. The third kappa shape index (κ3) is 5.01. The van der Waals surface area contributed by atoms with Gasteiger partial charge in [0.05, 0.1) is 6.10 Å². The molecule has 4 nitrogen and oxygen atoms in total. The maximum absolute atomic E-state index is 13.0. The van der Waals surface area contributed by atoms with E-state index < -0.39 is 11.9 Å². The van der Waals surface area contributed by atoms with E-state index in [1.165, 1.54) is 12.1 Å². The first-order chi connectivity index (χ1) is 10.0. The lowest BCUT2D eigenvalue weighted by molar-refractivity contribution is -0.127. The fourth-order valence-corrected chi connectivity index (χ4v) is 2.63. The topological polar surface area (TPSA) is 58.6 Å². The Labute approximate surface area is 124 Å². The van der Waals surface area contributed by atoms with E-state index >= 15 is 0 Å². The van der Waals surface area contributed by atoms with Crippen molar-refractivity contribution in [1.29, 1.82) is 0 Å². The average Bonchev–Trinajstić information content (AvgIpc) is 2.45. The van der Waals surface area contributed by atoms with Gasteiger partial charge in [-0.1, -0.05) is 12.5 Å². The van der Waals surface area contributed by atoms with E-state index in [0.717, 1.165) is 25.7 Å². The third-order valence-corrected chi connectivity index (χ3v) is 3.80. The van der Waals surface area contributed by atoms with E-state index in [0.29, 0.717) is 18.2 Å². The van der Waals surface area contributed by atoms with Crippen LogP contribution in [0.2, 0.25) is 0 Å². The van der Waals surface area contributed by atoms with Crippen LogP contribution in [0.1, 0.15) is 32.6 Å². The van der Waals surface area contributed by atoms with E-state index in [1.54, 1.807) is 19.1 Å². The van der Waals surface area contributed by atoms with Crippen LogP contribution in [0.25, 0.3) is 0 Å². The van der Waals surface area contributed by atoms with Crippen molar-refractivity contribution in [3.05, 3.63) is 30.1 Å². The summed E-state index contributed by atoms with van der Waals surface area (Å²) in [5.74, 6) is 0.0421. The maximum Gasteiger partial charge on any atom is 0.260 e. The number of benzene rings is 1. The monoisotopic (exact) mass is 295 g/mol. The van der Waals surface area contributed by atoms with E-state index in [2.05, 4.69) is 5.32 Å². The SMILES string of the molecule is CC(Oc1cccc(F)c1)C(=O)NCC1CCCC(O)C1. The maximum atomic E-state index is 13.0. The fraction of sp³-hybridized carbons (Fsp3) is 0.562. The molecule has 1 aromatic carbocycles. The molecule has 1 amide bonds. The van der Waals surface area contributed by atoms with Gasteiger partial charge in [-0.05, 0) is 44.2 Å². The summed E-state index contributed by atoms with van der Waals surface area (Å²) in [7, 11) is 0. The van der Waals surface area contributed by atoms with E-state index in [1.807, 2.05) is 0 Å². The predicted molar refractivity (Wildman–Crippen MR) is 77.5 cm³/mol. The van der Waals surface area contributed by atoms with Gasteiger partial charge in [0.1, 0.15) is 11.6 Å². The number of halogens is 1. The van der Waals surface area contributed by atoms with Crippen molar-refractivity contribution >= 4 is 5.91 Å². The number of carbonyl (C=O) groups excluding carboxylic acids is 1. The summed E-state index contributed by atoms with van der Waals surface area (Å²) in [6, 6.07) is 5.73. The normalized spacial score (nSPS) is 23.4. The molecule has 1 fully saturated rings. The third-order valence-electron chi connectivity index (χ3n) is 3.80. The molecule has 3 atom stereocenters. The molecule has 0 radical (unpaired) electrons.